The van der Waals surface area contributed by atoms with Crippen LogP contribution in [0.25, 0.3) is 10.9 Å². The fourth-order valence-corrected chi connectivity index (χ4v) is 3.70. The highest BCUT2D eigenvalue weighted by atomic mass is 28.4. The van der Waals surface area contributed by atoms with Gasteiger partial charge in [-0.05, 0) is 30.3 Å². The summed E-state index contributed by atoms with van der Waals surface area (Å²) in [6.45, 7) is 19.5. The van der Waals surface area contributed by atoms with Crippen molar-refractivity contribution in [1.29, 1.82) is 0 Å². The number of Topliss-reactive ketones (excluding diaryl/α,β-unsaturated/α-hetero) is 1. The van der Waals surface area contributed by atoms with Gasteiger partial charge in [0, 0.05) is 30.6 Å². The highest BCUT2D eigenvalue weighted by Gasteiger charge is 2.37. The SMILES string of the molecule is C=CCOc1cc2c(cc1C(=O)CC=C)cc(CO[Si](C)(C)C(C)(C)C)n2C. The van der Waals surface area contributed by atoms with Crippen LogP contribution in [0.2, 0.25) is 18.1 Å². The summed E-state index contributed by atoms with van der Waals surface area (Å²) in [4.78, 5) is 12.5. The largest absolute Gasteiger partial charge is 0.489 e. The summed E-state index contributed by atoms with van der Waals surface area (Å²) < 4.78 is 14.3. The molecule has 1 heterocycles. The Balaban J connectivity index is 2.43. The Labute approximate surface area is 170 Å². The average Bonchev–Trinajstić information content (AvgIpc) is 2.92. The zero-order valence-electron chi connectivity index (χ0n) is 18.1. The Morgan fingerprint density at radius 3 is 2.43 bits per heavy atom. The molecule has 5 heteroatoms. The molecular formula is C23H33NO3Si. The van der Waals surface area contributed by atoms with E-state index in [1.54, 1.807) is 12.2 Å². The monoisotopic (exact) mass is 399 g/mol. The smallest absolute Gasteiger partial charge is 0.192 e. The molecule has 2 aromatic rings. The van der Waals surface area contributed by atoms with Crippen LogP contribution in [0.5, 0.6) is 5.75 Å². The van der Waals surface area contributed by atoms with Gasteiger partial charge in [0.25, 0.3) is 0 Å². The van der Waals surface area contributed by atoms with E-state index in [-0.39, 0.29) is 17.2 Å². The number of hydrogen-bond donors (Lipinski definition) is 0. The minimum atomic E-state index is -1.84. The lowest BCUT2D eigenvalue weighted by Gasteiger charge is -2.36. The second-order valence-corrected chi connectivity index (χ2v) is 13.5. The summed E-state index contributed by atoms with van der Waals surface area (Å²) in [6.07, 6.45) is 3.58. The molecule has 2 rings (SSSR count). The Morgan fingerprint density at radius 1 is 1.18 bits per heavy atom. The third-order valence-electron chi connectivity index (χ3n) is 5.62. The molecule has 0 aliphatic carbocycles. The van der Waals surface area contributed by atoms with E-state index in [0.717, 1.165) is 16.6 Å². The molecular weight excluding hydrogens is 366 g/mol. The lowest BCUT2D eigenvalue weighted by Crippen LogP contribution is -2.40. The topological polar surface area (TPSA) is 40.5 Å². The molecule has 0 amide bonds. The first kappa shape index (κ1) is 22.2. The summed E-state index contributed by atoms with van der Waals surface area (Å²) in [5.41, 5.74) is 2.68. The number of aromatic nitrogens is 1. The average molecular weight is 400 g/mol. The van der Waals surface area contributed by atoms with Crippen molar-refractivity contribution in [2.45, 2.75) is 51.9 Å². The van der Waals surface area contributed by atoms with Crippen LogP contribution in [0.4, 0.5) is 0 Å². The van der Waals surface area contributed by atoms with Gasteiger partial charge in [0.05, 0.1) is 17.7 Å². The first-order chi connectivity index (χ1) is 13.0. The maximum Gasteiger partial charge on any atom is 0.192 e. The second kappa shape index (κ2) is 8.49. The molecule has 0 bridgehead atoms. The predicted octanol–water partition coefficient (Wildman–Crippen LogP) is 6.02. The Bertz CT molecular complexity index is 887. The Hall–Kier alpha value is -2.11. The number of fused-ring (bicyclic) bond motifs is 1. The number of ketones is 1. The normalized spacial score (nSPS) is 12.2. The molecule has 0 N–H and O–H groups in total. The highest BCUT2D eigenvalue weighted by Crippen LogP contribution is 2.37. The van der Waals surface area contributed by atoms with Crippen molar-refractivity contribution in [3.05, 3.63) is 54.8 Å². The maximum atomic E-state index is 12.5. The zero-order valence-corrected chi connectivity index (χ0v) is 19.1. The minimum absolute atomic E-state index is 0.00103. The molecule has 0 unspecified atom stereocenters. The van der Waals surface area contributed by atoms with E-state index in [9.17, 15) is 4.79 Å². The molecule has 1 aromatic heterocycles. The van der Waals surface area contributed by atoms with Crippen LogP contribution in [0.15, 0.2) is 43.5 Å². The molecule has 0 saturated carbocycles. The molecule has 0 saturated heterocycles. The Morgan fingerprint density at radius 2 is 1.86 bits per heavy atom. The molecule has 0 fully saturated rings. The van der Waals surface area contributed by atoms with Crippen LogP contribution >= 0.6 is 0 Å². The number of carbonyl (C=O) groups excluding carboxylic acids is 1. The van der Waals surface area contributed by atoms with Gasteiger partial charge in [-0.1, -0.05) is 39.5 Å². The third kappa shape index (κ3) is 4.65. The third-order valence-corrected chi connectivity index (χ3v) is 10.1. The van der Waals surface area contributed by atoms with Gasteiger partial charge in [-0.2, -0.15) is 0 Å². The van der Waals surface area contributed by atoms with E-state index < -0.39 is 8.32 Å². The van der Waals surface area contributed by atoms with Crippen molar-refractivity contribution in [3.8, 4) is 5.75 Å². The van der Waals surface area contributed by atoms with Crippen molar-refractivity contribution in [2.75, 3.05) is 6.61 Å². The van der Waals surface area contributed by atoms with Crippen molar-refractivity contribution >= 4 is 25.0 Å². The van der Waals surface area contributed by atoms with Gasteiger partial charge in [-0.3, -0.25) is 4.79 Å². The van der Waals surface area contributed by atoms with E-state index in [2.05, 4.69) is 57.7 Å². The standard InChI is InChI=1S/C23H33NO3Si/c1-9-11-21(25)19-14-17-13-18(16-27-28(7,8)23(3,4)5)24(6)20(17)15-22(19)26-12-10-2/h9-10,13-15H,1-2,11-12,16H2,3-8H3. The van der Waals surface area contributed by atoms with Crippen LogP contribution in [0, 0.1) is 0 Å². The van der Waals surface area contributed by atoms with Crippen molar-refractivity contribution in [3.63, 3.8) is 0 Å². The van der Waals surface area contributed by atoms with E-state index >= 15 is 0 Å². The van der Waals surface area contributed by atoms with Gasteiger partial charge in [0.1, 0.15) is 12.4 Å². The summed E-state index contributed by atoms with van der Waals surface area (Å²) >= 11 is 0. The van der Waals surface area contributed by atoms with Gasteiger partial charge < -0.3 is 13.7 Å². The molecule has 28 heavy (non-hydrogen) atoms. The number of aryl methyl sites for hydroxylation is 1. The zero-order chi connectivity index (χ0) is 21.1. The number of rotatable bonds is 9. The van der Waals surface area contributed by atoms with Crippen molar-refractivity contribution in [2.24, 2.45) is 7.05 Å². The molecule has 0 aliphatic heterocycles. The van der Waals surface area contributed by atoms with Crippen molar-refractivity contribution < 1.29 is 14.0 Å². The highest BCUT2D eigenvalue weighted by molar-refractivity contribution is 6.74. The van der Waals surface area contributed by atoms with Gasteiger partial charge in [0.2, 0.25) is 0 Å². The number of ether oxygens (including phenoxy) is 1. The van der Waals surface area contributed by atoms with Crippen LogP contribution in [0.3, 0.4) is 0 Å². The second-order valence-electron chi connectivity index (χ2n) is 8.67. The van der Waals surface area contributed by atoms with Crippen LogP contribution in [0.1, 0.15) is 43.2 Å². The molecule has 4 nitrogen and oxygen atoms in total. The fraction of sp³-hybridized carbons (Fsp3) is 0.435. The number of hydrogen-bond acceptors (Lipinski definition) is 3. The molecule has 0 radical (unpaired) electrons. The molecule has 1 aromatic carbocycles. The van der Waals surface area contributed by atoms with Crippen LogP contribution in [-0.2, 0) is 18.1 Å². The first-order valence-corrected chi connectivity index (χ1v) is 12.6. The quantitative estimate of drug-likeness (QED) is 0.294. The van der Waals surface area contributed by atoms with E-state index in [4.69, 9.17) is 9.16 Å². The predicted molar refractivity (Wildman–Crippen MR) is 120 cm³/mol. The summed E-state index contributed by atoms with van der Waals surface area (Å²) in [5, 5.41) is 1.17. The number of carbonyl (C=O) groups is 1. The van der Waals surface area contributed by atoms with Gasteiger partial charge in [-0.15, -0.1) is 6.58 Å². The Kier molecular flexibility index (Phi) is 6.73. The first-order valence-electron chi connectivity index (χ1n) is 9.66. The number of nitrogens with zero attached hydrogens (tertiary/aromatic N) is 1. The van der Waals surface area contributed by atoms with Crippen LogP contribution < -0.4 is 4.74 Å². The fourth-order valence-electron chi connectivity index (χ4n) is 2.76. The van der Waals surface area contributed by atoms with Crippen LogP contribution in [-0.4, -0.2) is 25.3 Å². The number of allylic oxidation sites excluding steroid dienone is 1. The lowest BCUT2D eigenvalue weighted by molar-refractivity contribution is 0.0992. The summed E-state index contributed by atoms with van der Waals surface area (Å²) in [7, 11) is 0.181. The van der Waals surface area contributed by atoms with Gasteiger partial charge in [-0.25, -0.2) is 0 Å². The number of benzene rings is 1. The van der Waals surface area contributed by atoms with Gasteiger partial charge in [0.15, 0.2) is 14.1 Å². The summed E-state index contributed by atoms with van der Waals surface area (Å²) in [6, 6.07) is 5.95. The molecule has 0 aliphatic rings. The van der Waals surface area contributed by atoms with Crippen molar-refractivity contribution in [1.82, 2.24) is 4.57 Å². The van der Waals surface area contributed by atoms with E-state index in [1.165, 1.54) is 0 Å². The maximum absolute atomic E-state index is 12.5. The van der Waals surface area contributed by atoms with E-state index in [0.29, 0.717) is 24.5 Å². The van der Waals surface area contributed by atoms with Gasteiger partial charge >= 0.3 is 0 Å². The lowest BCUT2D eigenvalue weighted by atomic mass is 10.0. The summed E-state index contributed by atoms with van der Waals surface area (Å²) in [5.74, 6) is 0.580. The molecule has 0 atom stereocenters. The molecule has 0 spiro atoms. The van der Waals surface area contributed by atoms with E-state index in [1.807, 2.05) is 19.2 Å². The minimum Gasteiger partial charge on any atom is -0.489 e. The molecule has 152 valence electrons.